The Morgan fingerprint density at radius 3 is 2.48 bits per heavy atom. The van der Waals surface area contributed by atoms with Crippen molar-refractivity contribution in [3.8, 4) is 28.5 Å². The zero-order valence-electron chi connectivity index (χ0n) is 18.8. The van der Waals surface area contributed by atoms with E-state index in [9.17, 15) is 0 Å². The molecule has 3 aromatic rings. The molecule has 0 spiro atoms. The van der Waals surface area contributed by atoms with Crippen molar-refractivity contribution in [3.05, 3.63) is 47.8 Å². The third-order valence-electron chi connectivity index (χ3n) is 6.23. The number of ether oxygens (including phenoxy) is 1. The number of methoxy groups -OCH3 is 1. The lowest BCUT2D eigenvalue weighted by Crippen LogP contribution is -2.34. The first-order valence-corrected chi connectivity index (χ1v) is 10.7. The molecule has 4 rings (SSSR count). The Hall–Kier alpha value is -3.27. The van der Waals surface area contributed by atoms with Crippen LogP contribution >= 0.6 is 0 Å². The zero-order valence-corrected chi connectivity index (χ0v) is 18.8. The molecule has 7 nitrogen and oxygen atoms in total. The summed E-state index contributed by atoms with van der Waals surface area (Å²) in [4.78, 5) is 17.6. The summed E-state index contributed by atoms with van der Waals surface area (Å²) < 4.78 is 7.17. The quantitative estimate of drug-likeness (QED) is 0.496. The molecule has 1 saturated carbocycles. The van der Waals surface area contributed by atoms with E-state index >= 15 is 0 Å². The van der Waals surface area contributed by atoms with E-state index in [1.54, 1.807) is 18.1 Å². The van der Waals surface area contributed by atoms with E-state index in [4.69, 9.17) is 16.3 Å². The summed E-state index contributed by atoms with van der Waals surface area (Å²) >= 11 is 0. The second-order valence-electron chi connectivity index (χ2n) is 9.20. The van der Waals surface area contributed by atoms with Gasteiger partial charge in [-0.2, -0.15) is 5.10 Å². The van der Waals surface area contributed by atoms with E-state index < -0.39 is 0 Å². The topological polar surface area (TPSA) is 71.9 Å². The Balaban J connectivity index is 1.76. The molecule has 1 fully saturated rings. The van der Waals surface area contributed by atoms with Crippen LogP contribution in [0.2, 0.25) is 0 Å². The van der Waals surface area contributed by atoms with Crippen LogP contribution in [0.1, 0.15) is 45.9 Å². The summed E-state index contributed by atoms with van der Waals surface area (Å²) in [5.41, 5.74) is 3.04. The largest absolute Gasteiger partial charge is 0.446 e. The molecular weight excluding hydrogens is 388 g/mol. The highest BCUT2D eigenvalue weighted by atomic mass is 16.5. The number of aromatic amines is 1. The maximum Gasteiger partial charge on any atom is 0.393 e. The van der Waals surface area contributed by atoms with Gasteiger partial charge in [-0.3, -0.25) is 0 Å². The summed E-state index contributed by atoms with van der Waals surface area (Å²) in [6.45, 7) is 14.4. The van der Waals surface area contributed by atoms with E-state index in [1.165, 1.54) is 6.42 Å². The molecule has 0 radical (unpaired) electrons. The molecule has 0 amide bonds. The van der Waals surface area contributed by atoms with Gasteiger partial charge in [-0.25, -0.2) is 19.8 Å². The van der Waals surface area contributed by atoms with Crippen LogP contribution in [0.25, 0.3) is 27.5 Å². The first-order chi connectivity index (χ1) is 14.8. The molecule has 1 aliphatic carbocycles. The second kappa shape index (κ2) is 8.10. The van der Waals surface area contributed by atoms with Gasteiger partial charge in [0.25, 0.3) is 0 Å². The van der Waals surface area contributed by atoms with Crippen LogP contribution in [-0.2, 0) is 12.5 Å². The minimum Gasteiger partial charge on any atom is -0.446 e. The molecule has 160 valence electrons. The van der Waals surface area contributed by atoms with Gasteiger partial charge >= 0.3 is 5.88 Å². The number of rotatable bonds is 4. The van der Waals surface area contributed by atoms with Crippen molar-refractivity contribution in [1.82, 2.24) is 20.1 Å². The fourth-order valence-electron chi connectivity index (χ4n) is 5.18. The molecule has 7 heteroatoms. The van der Waals surface area contributed by atoms with Crippen molar-refractivity contribution >= 4 is 5.69 Å². The monoisotopic (exact) mass is 417 g/mol. The highest BCUT2D eigenvalue weighted by Crippen LogP contribution is 2.43. The van der Waals surface area contributed by atoms with Crippen LogP contribution in [0.15, 0.2) is 30.6 Å². The van der Waals surface area contributed by atoms with Gasteiger partial charge in [0.2, 0.25) is 0 Å². The van der Waals surface area contributed by atoms with E-state index in [2.05, 4.69) is 40.7 Å². The number of H-pyrrole nitrogens is 1. The van der Waals surface area contributed by atoms with E-state index in [-0.39, 0.29) is 5.41 Å². The van der Waals surface area contributed by atoms with Gasteiger partial charge < -0.3 is 4.74 Å². The Bertz CT molecular complexity index is 1140. The number of nitrogens with one attached hydrogen (secondary N) is 1. The molecule has 2 atom stereocenters. The Labute approximate surface area is 183 Å². The average molecular weight is 418 g/mol. The lowest BCUT2D eigenvalue weighted by Gasteiger charge is -2.39. The predicted octanol–water partition coefficient (Wildman–Crippen LogP) is 4.63. The van der Waals surface area contributed by atoms with Crippen molar-refractivity contribution in [2.45, 2.75) is 45.4 Å². The summed E-state index contributed by atoms with van der Waals surface area (Å²) in [7, 11) is 3.51. The normalized spacial score (nSPS) is 23.4. The number of hydrogen-bond acceptors (Lipinski definition) is 4. The maximum atomic E-state index is 7.56. The zero-order chi connectivity index (χ0) is 22.2. The third-order valence-corrected chi connectivity index (χ3v) is 6.23. The second-order valence-corrected chi connectivity index (χ2v) is 9.20. The molecular formula is C24H29N6O+. The van der Waals surface area contributed by atoms with Crippen LogP contribution in [-0.4, -0.2) is 27.2 Å². The third kappa shape index (κ3) is 4.15. The minimum atomic E-state index is -0.0599. The Morgan fingerprint density at radius 1 is 1.13 bits per heavy atom. The summed E-state index contributed by atoms with van der Waals surface area (Å²) in [6.07, 6.45) is 5.01. The highest BCUT2D eigenvalue weighted by Gasteiger charge is 2.37. The minimum absolute atomic E-state index is 0.0599. The van der Waals surface area contributed by atoms with Crippen molar-refractivity contribution in [3.63, 3.8) is 0 Å². The fraction of sp³-hybridized carbons (Fsp3) is 0.458. The maximum absolute atomic E-state index is 7.56. The number of benzene rings is 1. The summed E-state index contributed by atoms with van der Waals surface area (Å²) in [6, 6.07) is 7.62. The van der Waals surface area contributed by atoms with Crippen molar-refractivity contribution < 1.29 is 9.42 Å². The SMILES string of the molecule is [C-]#[N+]c1cc(-c2ncnc(C3(C)CC(C)CC(C)C3)n2)cc(-c2cc(OC)[n+](C)[nH]2)c1. The fourth-order valence-corrected chi connectivity index (χ4v) is 5.18. The first-order valence-electron chi connectivity index (χ1n) is 10.7. The van der Waals surface area contributed by atoms with Crippen molar-refractivity contribution in [1.29, 1.82) is 0 Å². The molecule has 1 aromatic carbocycles. The predicted molar refractivity (Wildman–Crippen MR) is 119 cm³/mol. The van der Waals surface area contributed by atoms with Gasteiger partial charge in [-0.1, -0.05) is 25.5 Å². The smallest absolute Gasteiger partial charge is 0.393 e. The van der Waals surface area contributed by atoms with Gasteiger partial charge in [0, 0.05) is 11.0 Å². The number of aromatic nitrogens is 5. The number of aryl methyl sites for hydroxylation is 1. The molecule has 1 aliphatic rings. The molecule has 0 bridgehead atoms. The van der Waals surface area contributed by atoms with Crippen LogP contribution in [0.5, 0.6) is 5.88 Å². The van der Waals surface area contributed by atoms with E-state index in [1.807, 2.05) is 31.3 Å². The van der Waals surface area contributed by atoms with Crippen LogP contribution < -0.4 is 9.42 Å². The van der Waals surface area contributed by atoms with E-state index in [0.29, 0.717) is 29.2 Å². The Morgan fingerprint density at radius 2 is 1.84 bits per heavy atom. The molecule has 31 heavy (non-hydrogen) atoms. The molecule has 2 heterocycles. The average Bonchev–Trinajstić information content (AvgIpc) is 3.13. The summed E-state index contributed by atoms with van der Waals surface area (Å²) in [5.74, 6) is 3.45. The van der Waals surface area contributed by atoms with E-state index in [0.717, 1.165) is 35.5 Å². The molecule has 2 unspecified atom stereocenters. The van der Waals surface area contributed by atoms with Gasteiger partial charge in [-0.15, -0.1) is 0 Å². The van der Waals surface area contributed by atoms with Gasteiger partial charge in [0.05, 0.1) is 19.7 Å². The van der Waals surface area contributed by atoms with Gasteiger partial charge in [0.1, 0.15) is 17.8 Å². The molecule has 0 saturated heterocycles. The van der Waals surface area contributed by atoms with Crippen LogP contribution in [0.3, 0.4) is 0 Å². The Kier molecular flexibility index (Phi) is 5.48. The van der Waals surface area contributed by atoms with Gasteiger partial charge in [0.15, 0.2) is 18.6 Å². The number of hydrogen-bond donors (Lipinski definition) is 1. The standard InChI is InChI=1S/C24H28N6O/c1-15-7-16(2)13-24(3,12-15)23-27-14-26-22(28-23)18-8-17(9-19(10-18)25-4)20-11-21(31-6)30(5)29-20/h8-11,14-16H,7,12-13H2,1-3,5-6H3/p+1. The lowest BCUT2D eigenvalue weighted by atomic mass is 9.67. The molecule has 0 aliphatic heterocycles. The van der Waals surface area contributed by atoms with Gasteiger partial charge in [-0.05, 0) is 54.9 Å². The first kappa shape index (κ1) is 21.0. The summed E-state index contributed by atoms with van der Waals surface area (Å²) in [5, 5.41) is 3.26. The van der Waals surface area contributed by atoms with Crippen LogP contribution in [0, 0.1) is 18.4 Å². The molecule has 2 aromatic heterocycles. The van der Waals surface area contributed by atoms with Crippen molar-refractivity contribution in [2.24, 2.45) is 18.9 Å². The van der Waals surface area contributed by atoms with Crippen molar-refractivity contribution in [2.75, 3.05) is 7.11 Å². The lowest BCUT2D eigenvalue weighted by molar-refractivity contribution is -0.730. The molecule has 1 N–H and O–H groups in total. The number of nitrogens with zero attached hydrogens (tertiary/aromatic N) is 5. The van der Waals surface area contributed by atoms with Crippen LogP contribution in [0.4, 0.5) is 5.69 Å². The highest BCUT2D eigenvalue weighted by molar-refractivity contribution is 5.74.